The lowest BCUT2D eigenvalue weighted by Crippen LogP contribution is -2.12. The number of nitriles is 1. The van der Waals surface area contributed by atoms with E-state index in [2.05, 4.69) is 0 Å². The van der Waals surface area contributed by atoms with Gasteiger partial charge in [0.15, 0.2) is 0 Å². The van der Waals surface area contributed by atoms with Crippen LogP contribution in [0.3, 0.4) is 0 Å². The largest absolute Gasteiger partial charge is 0.496 e. The number of carbonyl (C=O) groups is 1. The molecule has 1 aromatic rings. The van der Waals surface area contributed by atoms with Gasteiger partial charge in [0, 0.05) is 0 Å². The SMILES string of the molecule is COc1ccc(C#N)cc1C(N)=O.Cl. The maximum Gasteiger partial charge on any atom is 0.252 e. The maximum absolute atomic E-state index is 10.9. The van der Waals surface area contributed by atoms with Crippen LogP contribution in [0.4, 0.5) is 0 Å². The number of benzene rings is 1. The molecule has 1 amide bonds. The number of rotatable bonds is 2. The Hall–Kier alpha value is -1.73. The van der Waals surface area contributed by atoms with E-state index in [4.69, 9.17) is 15.7 Å². The highest BCUT2D eigenvalue weighted by Crippen LogP contribution is 2.18. The summed E-state index contributed by atoms with van der Waals surface area (Å²) in [6, 6.07) is 6.42. The van der Waals surface area contributed by atoms with Crippen LogP contribution in [0, 0.1) is 11.3 Å². The van der Waals surface area contributed by atoms with Crippen LogP contribution in [-0.4, -0.2) is 13.0 Å². The fourth-order valence-electron chi connectivity index (χ4n) is 0.970. The number of nitrogens with two attached hydrogens (primary N) is 1. The second kappa shape index (κ2) is 5.10. The highest BCUT2D eigenvalue weighted by Gasteiger charge is 2.08. The van der Waals surface area contributed by atoms with E-state index in [1.54, 1.807) is 12.1 Å². The molecule has 2 N–H and O–H groups in total. The third-order valence-electron chi connectivity index (χ3n) is 1.59. The molecule has 0 aliphatic carbocycles. The van der Waals surface area contributed by atoms with Gasteiger partial charge >= 0.3 is 0 Å². The minimum absolute atomic E-state index is 0. The van der Waals surface area contributed by atoms with E-state index < -0.39 is 5.91 Å². The summed E-state index contributed by atoms with van der Waals surface area (Å²) < 4.78 is 4.90. The zero-order valence-corrected chi connectivity index (χ0v) is 8.30. The van der Waals surface area contributed by atoms with Crippen molar-refractivity contribution in [3.05, 3.63) is 29.3 Å². The molecule has 0 heterocycles. The first kappa shape index (κ1) is 12.3. The number of primary amides is 1. The fraction of sp³-hybridized carbons (Fsp3) is 0.111. The van der Waals surface area contributed by atoms with Crippen LogP contribution in [0.25, 0.3) is 0 Å². The van der Waals surface area contributed by atoms with Crippen molar-refractivity contribution >= 4 is 18.3 Å². The Morgan fingerprint density at radius 1 is 1.57 bits per heavy atom. The standard InChI is InChI=1S/C9H8N2O2.ClH/c1-13-8-3-2-6(5-10)4-7(8)9(11)12;/h2-4H,1H3,(H2,11,12);1H. The molecule has 0 saturated carbocycles. The molecule has 0 saturated heterocycles. The molecule has 0 aliphatic rings. The lowest BCUT2D eigenvalue weighted by atomic mass is 10.1. The second-order valence-electron chi connectivity index (χ2n) is 2.39. The normalized spacial score (nSPS) is 8.29. The molecule has 5 heteroatoms. The van der Waals surface area contributed by atoms with Gasteiger partial charge in [-0.05, 0) is 18.2 Å². The summed E-state index contributed by atoms with van der Waals surface area (Å²) in [5.74, 6) is -0.222. The Morgan fingerprint density at radius 3 is 2.64 bits per heavy atom. The molecule has 0 aliphatic heterocycles. The number of amides is 1. The number of hydrogen-bond acceptors (Lipinski definition) is 3. The third-order valence-corrected chi connectivity index (χ3v) is 1.59. The average molecular weight is 213 g/mol. The Bertz CT molecular complexity index is 385. The van der Waals surface area contributed by atoms with Gasteiger partial charge in [0.2, 0.25) is 0 Å². The van der Waals surface area contributed by atoms with Gasteiger partial charge in [0.05, 0.1) is 24.3 Å². The lowest BCUT2D eigenvalue weighted by molar-refractivity contribution is 0.0997. The van der Waals surface area contributed by atoms with Gasteiger partial charge in [-0.2, -0.15) is 5.26 Å². The van der Waals surface area contributed by atoms with Crippen molar-refractivity contribution in [1.29, 1.82) is 5.26 Å². The van der Waals surface area contributed by atoms with E-state index in [1.165, 1.54) is 13.2 Å². The Balaban J connectivity index is 0.00000169. The van der Waals surface area contributed by atoms with Gasteiger partial charge in [-0.1, -0.05) is 0 Å². The van der Waals surface area contributed by atoms with Gasteiger partial charge in [0.1, 0.15) is 5.75 Å². The highest BCUT2D eigenvalue weighted by molar-refractivity contribution is 5.96. The second-order valence-corrected chi connectivity index (χ2v) is 2.39. The first-order chi connectivity index (χ1) is 6.19. The molecule has 1 rings (SSSR count). The predicted octanol–water partition coefficient (Wildman–Crippen LogP) is 1.09. The molecule has 4 nitrogen and oxygen atoms in total. The van der Waals surface area contributed by atoms with Crippen LogP contribution in [0.15, 0.2) is 18.2 Å². The molecule has 0 fully saturated rings. The van der Waals surface area contributed by atoms with Gasteiger partial charge in [0.25, 0.3) is 5.91 Å². The molecule has 0 radical (unpaired) electrons. The van der Waals surface area contributed by atoms with E-state index in [0.29, 0.717) is 11.3 Å². The molecule has 0 atom stereocenters. The highest BCUT2D eigenvalue weighted by atomic mass is 35.5. The summed E-state index contributed by atoms with van der Waals surface area (Å²) in [4.78, 5) is 10.9. The molecular weight excluding hydrogens is 204 g/mol. The van der Waals surface area contributed by atoms with Crippen LogP contribution in [-0.2, 0) is 0 Å². The quantitative estimate of drug-likeness (QED) is 0.797. The Morgan fingerprint density at radius 2 is 2.21 bits per heavy atom. The molecule has 0 bridgehead atoms. The third kappa shape index (κ3) is 2.38. The van der Waals surface area contributed by atoms with Gasteiger partial charge in [-0.15, -0.1) is 12.4 Å². The number of halogens is 1. The smallest absolute Gasteiger partial charge is 0.252 e. The monoisotopic (exact) mass is 212 g/mol. The van der Waals surface area contributed by atoms with Crippen LogP contribution in [0.1, 0.15) is 15.9 Å². The van der Waals surface area contributed by atoms with E-state index >= 15 is 0 Å². The topological polar surface area (TPSA) is 76.1 Å². The van der Waals surface area contributed by atoms with Crippen LogP contribution >= 0.6 is 12.4 Å². The molecular formula is C9H9ClN2O2. The Labute approximate surface area is 87.7 Å². The van der Waals surface area contributed by atoms with E-state index in [-0.39, 0.29) is 18.0 Å². The maximum atomic E-state index is 10.9. The van der Waals surface area contributed by atoms with Crippen molar-refractivity contribution in [2.75, 3.05) is 7.11 Å². The zero-order chi connectivity index (χ0) is 9.84. The molecule has 1 aromatic carbocycles. The summed E-state index contributed by atoms with van der Waals surface area (Å²) in [6.45, 7) is 0. The summed E-state index contributed by atoms with van der Waals surface area (Å²) in [5.41, 5.74) is 5.69. The van der Waals surface area contributed by atoms with Gasteiger partial charge in [-0.25, -0.2) is 0 Å². The molecule has 0 aromatic heterocycles. The lowest BCUT2D eigenvalue weighted by Gasteiger charge is -2.04. The molecule has 14 heavy (non-hydrogen) atoms. The summed E-state index contributed by atoms with van der Waals surface area (Å²) >= 11 is 0. The number of ether oxygens (including phenoxy) is 1. The molecule has 0 spiro atoms. The van der Waals surface area contributed by atoms with Crippen molar-refractivity contribution in [2.45, 2.75) is 0 Å². The first-order valence-electron chi connectivity index (χ1n) is 3.57. The summed E-state index contributed by atoms with van der Waals surface area (Å²) in [5, 5.41) is 8.56. The van der Waals surface area contributed by atoms with E-state index in [9.17, 15) is 4.79 Å². The minimum Gasteiger partial charge on any atom is -0.496 e. The van der Waals surface area contributed by atoms with Crippen LogP contribution in [0.5, 0.6) is 5.75 Å². The average Bonchev–Trinajstić information content (AvgIpc) is 2.16. The number of hydrogen-bond donors (Lipinski definition) is 1. The minimum atomic E-state index is -0.603. The molecule has 0 unspecified atom stereocenters. The number of methoxy groups -OCH3 is 1. The van der Waals surface area contributed by atoms with Crippen LogP contribution in [0.2, 0.25) is 0 Å². The van der Waals surface area contributed by atoms with Gasteiger partial charge < -0.3 is 10.5 Å². The van der Waals surface area contributed by atoms with Crippen molar-refractivity contribution in [1.82, 2.24) is 0 Å². The first-order valence-corrected chi connectivity index (χ1v) is 3.57. The summed E-state index contributed by atoms with van der Waals surface area (Å²) in [6.07, 6.45) is 0. The van der Waals surface area contributed by atoms with Crippen molar-refractivity contribution in [2.24, 2.45) is 5.73 Å². The Kier molecular flexibility index (Phi) is 4.47. The number of carbonyl (C=O) groups excluding carboxylic acids is 1. The van der Waals surface area contributed by atoms with Gasteiger partial charge in [-0.3, -0.25) is 4.79 Å². The van der Waals surface area contributed by atoms with Crippen molar-refractivity contribution in [3.63, 3.8) is 0 Å². The predicted molar refractivity (Wildman–Crippen MR) is 53.5 cm³/mol. The fourth-order valence-corrected chi connectivity index (χ4v) is 0.970. The van der Waals surface area contributed by atoms with Crippen molar-refractivity contribution in [3.8, 4) is 11.8 Å². The van der Waals surface area contributed by atoms with E-state index in [1.807, 2.05) is 6.07 Å². The van der Waals surface area contributed by atoms with Crippen LogP contribution < -0.4 is 10.5 Å². The zero-order valence-electron chi connectivity index (χ0n) is 7.48. The number of nitrogens with zero attached hydrogens (tertiary/aromatic N) is 1. The summed E-state index contributed by atoms with van der Waals surface area (Å²) in [7, 11) is 1.44. The van der Waals surface area contributed by atoms with E-state index in [0.717, 1.165) is 0 Å². The van der Waals surface area contributed by atoms with Crippen molar-refractivity contribution < 1.29 is 9.53 Å². The molecule has 74 valence electrons.